The molecule has 100 valence electrons. The van der Waals surface area contributed by atoms with Gasteiger partial charge in [0.25, 0.3) is 0 Å². The summed E-state index contributed by atoms with van der Waals surface area (Å²) in [6.07, 6.45) is 3.47. The third-order valence-electron chi connectivity index (χ3n) is 2.62. The number of aliphatic imine (C=N–C) groups is 1. The molecule has 0 aliphatic rings. The topological polar surface area (TPSA) is 62.9 Å². The van der Waals surface area contributed by atoms with Crippen LogP contribution in [0.5, 0.6) is 0 Å². The Morgan fingerprint density at radius 2 is 1.90 bits per heavy atom. The zero-order valence-corrected chi connectivity index (χ0v) is 11.5. The number of aromatic nitrogens is 2. The molecular weight excluding hydrogens is 250 g/mol. The van der Waals surface area contributed by atoms with Crippen LogP contribution in [0.15, 0.2) is 57.9 Å². The predicted octanol–water partition coefficient (Wildman–Crippen LogP) is 2.66. The van der Waals surface area contributed by atoms with Gasteiger partial charge < -0.3 is 0 Å². The van der Waals surface area contributed by atoms with Crippen molar-refractivity contribution < 1.29 is 0 Å². The first-order valence-electron chi connectivity index (χ1n) is 6.14. The molecule has 0 spiro atoms. The number of hydrogen-bond donors (Lipinski definition) is 0. The van der Waals surface area contributed by atoms with Crippen LogP contribution in [0.1, 0.15) is 23.9 Å². The molecule has 0 fully saturated rings. The van der Waals surface area contributed by atoms with E-state index in [-0.39, 0.29) is 0 Å². The van der Waals surface area contributed by atoms with Gasteiger partial charge in [0.05, 0.1) is 11.4 Å². The summed E-state index contributed by atoms with van der Waals surface area (Å²) in [4.78, 5) is 12.3. The van der Waals surface area contributed by atoms with Crippen molar-refractivity contribution in [2.75, 3.05) is 0 Å². The molecule has 0 saturated carbocycles. The monoisotopic (exact) mass is 265 g/mol. The summed E-state index contributed by atoms with van der Waals surface area (Å²) in [5.41, 5.74) is 3.20. The minimum absolute atomic E-state index is 0.389. The average molecular weight is 265 g/mol. The molecule has 2 aromatic heterocycles. The molecular formula is C15H15N5. The number of nitrogens with zero attached hydrogens (tertiary/aromatic N) is 5. The molecule has 0 atom stereocenters. The highest BCUT2D eigenvalue weighted by Crippen LogP contribution is 2.03. The summed E-state index contributed by atoms with van der Waals surface area (Å²) < 4.78 is 0. The zero-order valence-electron chi connectivity index (χ0n) is 11.5. The normalized spacial score (nSPS) is 12.3. The first-order valence-corrected chi connectivity index (χ1v) is 6.14. The molecule has 0 bridgehead atoms. The third kappa shape index (κ3) is 3.41. The number of hydrogen-bond acceptors (Lipinski definition) is 4. The molecule has 0 amide bonds. The molecule has 0 unspecified atom stereocenters. The largest absolute Gasteiger partial charge is 0.255 e. The van der Waals surface area contributed by atoms with Crippen LogP contribution >= 0.6 is 0 Å². The number of pyridine rings is 2. The minimum Gasteiger partial charge on any atom is -0.255 e. The van der Waals surface area contributed by atoms with E-state index in [1.54, 1.807) is 12.4 Å². The van der Waals surface area contributed by atoms with Gasteiger partial charge in [-0.15, -0.1) is 5.10 Å². The van der Waals surface area contributed by atoms with Crippen LogP contribution < -0.4 is 0 Å². The Morgan fingerprint density at radius 3 is 2.50 bits per heavy atom. The fourth-order valence-corrected chi connectivity index (χ4v) is 1.51. The van der Waals surface area contributed by atoms with Crippen molar-refractivity contribution in [2.45, 2.75) is 13.8 Å². The molecule has 2 heterocycles. The lowest BCUT2D eigenvalue weighted by Crippen LogP contribution is -2.01. The fourth-order valence-electron chi connectivity index (χ4n) is 1.51. The third-order valence-corrected chi connectivity index (χ3v) is 2.62. The van der Waals surface area contributed by atoms with Crippen LogP contribution in [0.3, 0.4) is 0 Å². The van der Waals surface area contributed by atoms with E-state index >= 15 is 0 Å². The summed E-state index contributed by atoms with van der Waals surface area (Å²) in [7, 11) is 0. The highest BCUT2D eigenvalue weighted by atomic mass is 15.2. The first kappa shape index (κ1) is 13.7. The smallest absolute Gasteiger partial charge is 0.199 e. The number of aryl methyl sites for hydroxylation is 1. The van der Waals surface area contributed by atoms with Crippen molar-refractivity contribution >= 4 is 18.3 Å². The van der Waals surface area contributed by atoms with Crippen molar-refractivity contribution in [3.05, 3.63) is 59.7 Å². The van der Waals surface area contributed by atoms with E-state index in [1.165, 1.54) is 0 Å². The van der Waals surface area contributed by atoms with Crippen LogP contribution in [0, 0.1) is 6.92 Å². The van der Waals surface area contributed by atoms with E-state index in [9.17, 15) is 0 Å². The summed E-state index contributed by atoms with van der Waals surface area (Å²) in [6, 6.07) is 9.42. The Morgan fingerprint density at radius 1 is 1.05 bits per heavy atom. The summed E-state index contributed by atoms with van der Waals surface area (Å²) in [5.74, 6) is 0.389. The Balaban J connectivity index is 2.28. The second-order valence-electron chi connectivity index (χ2n) is 4.20. The van der Waals surface area contributed by atoms with Crippen molar-refractivity contribution in [2.24, 2.45) is 15.2 Å². The lowest BCUT2D eigenvalue weighted by molar-refractivity contribution is 1.16. The molecule has 0 radical (unpaired) electrons. The Labute approximate surface area is 117 Å². The van der Waals surface area contributed by atoms with Gasteiger partial charge in [-0.1, -0.05) is 12.1 Å². The van der Waals surface area contributed by atoms with E-state index < -0.39 is 0 Å². The molecule has 5 nitrogen and oxygen atoms in total. The molecule has 5 heteroatoms. The van der Waals surface area contributed by atoms with Crippen molar-refractivity contribution in [1.82, 2.24) is 9.97 Å². The molecule has 2 aromatic rings. The first-order chi connectivity index (χ1) is 9.70. The molecule has 0 saturated heterocycles. The minimum atomic E-state index is 0.389. The SMILES string of the molecule is C=N/C(=N\N=C(/C)c1ccccn1)c1ccc(C)cn1. The lowest BCUT2D eigenvalue weighted by Gasteiger charge is -1.99. The number of amidine groups is 1. The highest BCUT2D eigenvalue weighted by Gasteiger charge is 2.02. The fraction of sp³-hybridized carbons (Fsp3) is 0.133. The average Bonchev–Trinajstić information content (AvgIpc) is 2.50. The van der Waals surface area contributed by atoms with E-state index in [2.05, 4.69) is 31.9 Å². The second-order valence-corrected chi connectivity index (χ2v) is 4.20. The van der Waals surface area contributed by atoms with Crippen LogP contribution in [0.2, 0.25) is 0 Å². The summed E-state index contributed by atoms with van der Waals surface area (Å²) in [6.45, 7) is 7.32. The van der Waals surface area contributed by atoms with Crippen molar-refractivity contribution in [3.8, 4) is 0 Å². The van der Waals surface area contributed by atoms with Gasteiger partial charge in [0.15, 0.2) is 5.84 Å². The van der Waals surface area contributed by atoms with Crippen molar-refractivity contribution in [1.29, 1.82) is 0 Å². The van der Waals surface area contributed by atoms with Gasteiger partial charge in [-0.25, -0.2) is 4.99 Å². The molecule has 2 rings (SSSR count). The molecule has 0 aliphatic heterocycles. The van der Waals surface area contributed by atoms with Crippen LogP contribution in [-0.4, -0.2) is 28.2 Å². The predicted molar refractivity (Wildman–Crippen MR) is 81.5 cm³/mol. The molecule has 0 N–H and O–H groups in total. The van der Waals surface area contributed by atoms with Gasteiger partial charge in [0, 0.05) is 12.4 Å². The van der Waals surface area contributed by atoms with Crippen LogP contribution in [0.4, 0.5) is 0 Å². The molecule has 0 aliphatic carbocycles. The van der Waals surface area contributed by atoms with Gasteiger partial charge in [-0.2, -0.15) is 5.10 Å². The van der Waals surface area contributed by atoms with Crippen molar-refractivity contribution in [3.63, 3.8) is 0 Å². The van der Waals surface area contributed by atoms with Gasteiger partial charge in [-0.05, 0) is 44.3 Å². The molecule has 20 heavy (non-hydrogen) atoms. The van der Waals surface area contributed by atoms with Gasteiger partial charge in [-0.3, -0.25) is 9.97 Å². The second kappa shape index (κ2) is 6.47. The van der Waals surface area contributed by atoms with E-state index in [1.807, 2.05) is 44.2 Å². The Bertz CT molecular complexity index is 642. The maximum Gasteiger partial charge on any atom is 0.199 e. The maximum atomic E-state index is 4.25. The Hall–Kier alpha value is -2.69. The summed E-state index contributed by atoms with van der Waals surface area (Å²) >= 11 is 0. The van der Waals surface area contributed by atoms with Crippen LogP contribution in [-0.2, 0) is 0 Å². The van der Waals surface area contributed by atoms with E-state index in [4.69, 9.17) is 0 Å². The molecule has 0 aromatic carbocycles. The lowest BCUT2D eigenvalue weighted by atomic mass is 10.2. The van der Waals surface area contributed by atoms with E-state index in [0.29, 0.717) is 17.2 Å². The van der Waals surface area contributed by atoms with Gasteiger partial charge >= 0.3 is 0 Å². The zero-order chi connectivity index (χ0) is 14.4. The Kier molecular flexibility index (Phi) is 4.44. The van der Waals surface area contributed by atoms with Gasteiger partial charge in [0.2, 0.25) is 0 Å². The highest BCUT2D eigenvalue weighted by molar-refractivity contribution is 6.01. The maximum absolute atomic E-state index is 4.25. The quantitative estimate of drug-likeness (QED) is 0.486. The van der Waals surface area contributed by atoms with Gasteiger partial charge in [0.1, 0.15) is 5.69 Å². The number of rotatable bonds is 3. The van der Waals surface area contributed by atoms with E-state index in [0.717, 1.165) is 11.3 Å². The van der Waals surface area contributed by atoms with Crippen LogP contribution in [0.25, 0.3) is 0 Å². The standard InChI is InChI=1S/C15H15N5/c1-11-7-8-14(18-10-11)15(16-3)20-19-12(2)13-6-4-5-9-17-13/h4-10H,3H2,1-2H3/b19-12+,20-15-. The summed E-state index contributed by atoms with van der Waals surface area (Å²) in [5, 5.41) is 8.22.